The van der Waals surface area contributed by atoms with Crippen molar-refractivity contribution in [1.82, 2.24) is 9.88 Å². The van der Waals surface area contributed by atoms with E-state index >= 15 is 0 Å². The van der Waals surface area contributed by atoms with E-state index in [0.29, 0.717) is 41.0 Å². The zero-order valence-electron chi connectivity index (χ0n) is 20.6. The molecule has 0 unspecified atom stereocenters. The number of aryl methyl sites for hydroxylation is 1. The second-order valence-electron chi connectivity index (χ2n) is 10.0. The predicted molar refractivity (Wildman–Crippen MR) is 128 cm³/mol. The van der Waals surface area contributed by atoms with Crippen molar-refractivity contribution in [2.75, 3.05) is 5.32 Å². The molecule has 8 heteroatoms. The third-order valence-corrected chi connectivity index (χ3v) is 6.27. The lowest BCUT2D eigenvalue weighted by atomic mass is 9.84. The summed E-state index contributed by atoms with van der Waals surface area (Å²) in [4.78, 5) is 51.5. The lowest BCUT2D eigenvalue weighted by molar-refractivity contribution is -0.126. The van der Waals surface area contributed by atoms with Gasteiger partial charge in [0.1, 0.15) is 5.82 Å². The third kappa shape index (κ3) is 4.95. The maximum Gasteiger partial charge on any atom is 0.294 e. The van der Waals surface area contributed by atoms with Crippen LogP contribution in [-0.4, -0.2) is 34.0 Å². The van der Waals surface area contributed by atoms with Gasteiger partial charge in [-0.3, -0.25) is 19.2 Å². The number of carbonyl (C=O) groups excluding carboxylic acids is 4. The summed E-state index contributed by atoms with van der Waals surface area (Å²) in [5, 5.41) is 5.38. The summed E-state index contributed by atoms with van der Waals surface area (Å²) in [6, 6.07) is 3.49. The Morgan fingerprint density at radius 3 is 2.35 bits per heavy atom. The summed E-state index contributed by atoms with van der Waals surface area (Å²) < 4.78 is 15.4. The minimum Gasteiger partial charge on any atom is -0.341 e. The first-order valence-electron chi connectivity index (χ1n) is 11.5. The molecule has 1 atom stereocenters. The van der Waals surface area contributed by atoms with Gasteiger partial charge in [-0.25, -0.2) is 4.39 Å². The minimum atomic E-state index is -0.870. The zero-order chi connectivity index (χ0) is 25.4. The number of Topliss-reactive ketones (excluding diaryl/α,β-unsaturated/α-hetero) is 2. The molecular formula is C26H32FN3O4. The fourth-order valence-electron chi connectivity index (χ4n) is 4.62. The van der Waals surface area contributed by atoms with Crippen molar-refractivity contribution in [3.05, 3.63) is 52.1 Å². The number of carbonyl (C=O) groups is 4. The number of rotatable bonds is 6. The number of halogens is 1. The van der Waals surface area contributed by atoms with E-state index in [1.807, 2.05) is 20.8 Å². The predicted octanol–water partition coefficient (Wildman–Crippen LogP) is 4.14. The topological polar surface area (TPSA) is 97.3 Å². The summed E-state index contributed by atoms with van der Waals surface area (Å²) in [6.45, 7) is 10.6. The highest BCUT2D eigenvalue weighted by molar-refractivity contribution is 6.43. The molecule has 0 fully saturated rings. The Morgan fingerprint density at radius 2 is 1.76 bits per heavy atom. The van der Waals surface area contributed by atoms with Crippen LogP contribution in [0, 0.1) is 25.1 Å². The molecule has 1 aliphatic heterocycles. The van der Waals surface area contributed by atoms with E-state index in [1.165, 1.54) is 19.1 Å². The van der Waals surface area contributed by atoms with Crippen molar-refractivity contribution in [3.63, 3.8) is 0 Å². The molecular weight excluding hydrogens is 437 g/mol. The van der Waals surface area contributed by atoms with E-state index in [-0.39, 0.29) is 17.3 Å². The molecule has 2 heterocycles. The molecule has 2 aromatic rings. The third-order valence-electron chi connectivity index (χ3n) is 6.27. The molecule has 1 aromatic heterocycles. The highest BCUT2D eigenvalue weighted by atomic mass is 19.1. The summed E-state index contributed by atoms with van der Waals surface area (Å²) in [5.41, 5.74) is 1.94. The maximum absolute atomic E-state index is 13.6. The average molecular weight is 470 g/mol. The van der Waals surface area contributed by atoms with Crippen LogP contribution in [0.1, 0.15) is 78.2 Å². The Labute approximate surface area is 199 Å². The quantitative estimate of drug-likeness (QED) is 0.491. The summed E-state index contributed by atoms with van der Waals surface area (Å²) in [5.74, 6) is -2.66. The standard InChI is InChI=1S/C26H32FN3O4/c1-14-13-17(10-11-18(14)27)28-24(33)20-15(2)21(30-12-8-7-9-19(20)30)22(32)25(34)29-23(16(3)31)26(4,5)6/h10-11,13,23H,7-9,12H2,1-6H3,(H,28,33)(H,29,34)/t23-/m0/s1. The molecule has 0 bridgehead atoms. The number of hydrogen-bond donors (Lipinski definition) is 2. The first kappa shape index (κ1) is 25.3. The van der Waals surface area contributed by atoms with Crippen LogP contribution in [0.5, 0.6) is 0 Å². The van der Waals surface area contributed by atoms with Crippen LogP contribution in [0.25, 0.3) is 0 Å². The average Bonchev–Trinajstić information content (AvgIpc) is 3.04. The minimum absolute atomic E-state index is 0.170. The van der Waals surface area contributed by atoms with Crippen LogP contribution in [-0.2, 0) is 22.6 Å². The van der Waals surface area contributed by atoms with Crippen molar-refractivity contribution in [2.24, 2.45) is 5.41 Å². The zero-order valence-corrected chi connectivity index (χ0v) is 20.6. The summed E-state index contributed by atoms with van der Waals surface area (Å²) in [6.07, 6.45) is 2.27. The fourth-order valence-corrected chi connectivity index (χ4v) is 4.62. The van der Waals surface area contributed by atoms with Crippen LogP contribution in [0.2, 0.25) is 0 Å². The van der Waals surface area contributed by atoms with E-state index < -0.39 is 29.1 Å². The van der Waals surface area contributed by atoms with Crippen molar-refractivity contribution in [3.8, 4) is 0 Å². The molecule has 1 aliphatic rings. The number of benzene rings is 1. The van der Waals surface area contributed by atoms with Gasteiger partial charge in [-0.2, -0.15) is 0 Å². The number of nitrogens with zero attached hydrogens (tertiary/aromatic N) is 1. The molecule has 0 saturated carbocycles. The number of aromatic nitrogens is 1. The van der Waals surface area contributed by atoms with E-state index in [9.17, 15) is 23.6 Å². The van der Waals surface area contributed by atoms with Crippen LogP contribution < -0.4 is 10.6 Å². The number of fused-ring (bicyclic) bond motifs is 1. The summed E-state index contributed by atoms with van der Waals surface area (Å²) in [7, 11) is 0. The van der Waals surface area contributed by atoms with Gasteiger partial charge in [0.2, 0.25) is 0 Å². The first-order chi connectivity index (χ1) is 15.8. The molecule has 182 valence electrons. The van der Waals surface area contributed by atoms with Crippen molar-refractivity contribution < 1.29 is 23.6 Å². The molecule has 2 N–H and O–H groups in total. The molecule has 0 saturated heterocycles. The van der Waals surface area contributed by atoms with Gasteiger partial charge >= 0.3 is 0 Å². The smallest absolute Gasteiger partial charge is 0.294 e. The number of nitrogens with one attached hydrogen (secondary N) is 2. The molecule has 7 nitrogen and oxygen atoms in total. The highest BCUT2D eigenvalue weighted by Gasteiger charge is 2.36. The maximum atomic E-state index is 13.6. The Morgan fingerprint density at radius 1 is 1.09 bits per heavy atom. The van der Waals surface area contributed by atoms with Crippen molar-refractivity contribution >= 4 is 29.1 Å². The van der Waals surface area contributed by atoms with E-state index in [0.717, 1.165) is 12.8 Å². The SMILES string of the molecule is CC(=O)[C@H](NC(=O)C(=O)c1c(C)c(C(=O)Nc2ccc(F)c(C)c2)c2n1CCCC2)C(C)(C)C. The second kappa shape index (κ2) is 9.52. The van der Waals surface area contributed by atoms with Crippen LogP contribution in [0.15, 0.2) is 18.2 Å². The van der Waals surface area contributed by atoms with Crippen LogP contribution >= 0.6 is 0 Å². The summed E-state index contributed by atoms with van der Waals surface area (Å²) >= 11 is 0. The van der Waals surface area contributed by atoms with Crippen LogP contribution in [0.4, 0.5) is 10.1 Å². The Hall–Kier alpha value is -3.29. The van der Waals surface area contributed by atoms with Crippen molar-refractivity contribution in [1.29, 1.82) is 0 Å². The van der Waals surface area contributed by atoms with Gasteiger partial charge in [-0.1, -0.05) is 20.8 Å². The van der Waals surface area contributed by atoms with Crippen molar-refractivity contribution in [2.45, 2.75) is 73.4 Å². The molecule has 2 amide bonds. The fraction of sp³-hybridized carbons (Fsp3) is 0.462. The van der Waals surface area contributed by atoms with Gasteiger partial charge in [0.25, 0.3) is 17.6 Å². The molecule has 3 rings (SSSR count). The molecule has 0 radical (unpaired) electrons. The van der Waals surface area contributed by atoms with E-state index in [2.05, 4.69) is 10.6 Å². The monoisotopic (exact) mass is 469 g/mol. The normalized spacial score (nSPS) is 14.2. The molecule has 34 heavy (non-hydrogen) atoms. The van der Waals surface area contributed by atoms with Gasteiger partial charge in [-0.15, -0.1) is 0 Å². The van der Waals surface area contributed by atoms with E-state index in [4.69, 9.17) is 0 Å². The van der Waals surface area contributed by atoms with E-state index in [1.54, 1.807) is 24.5 Å². The van der Waals surface area contributed by atoms with Crippen LogP contribution in [0.3, 0.4) is 0 Å². The lowest BCUT2D eigenvalue weighted by Crippen LogP contribution is -2.50. The molecule has 1 aromatic carbocycles. The molecule has 0 spiro atoms. The largest absolute Gasteiger partial charge is 0.341 e. The Kier molecular flexibility index (Phi) is 7.10. The van der Waals surface area contributed by atoms with Gasteiger partial charge in [0.05, 0.1) is 17.3 Å². The first-order valence-corrected chi connectivity index (χ1v) is 11.5. The van der Waals surface area contributed by atoms with Gasteiger partial charge in [0.15, 0.2) is 5.78 Å². The Balaban J connectivity index is 1.97. The number of anilines is 1. The number of amides is 2. The highest BCUT2D eigenvalue weighted by Crippen LogP contribution is 2.30. The van der Waals surface area contributed by atoms with Gasteiger partial charge < -0.3 is 15.2 Å². The number of ketones is 2. The van der Waals surface area contributed by atoms with Gasteiger partial charge in [0, 0.05) is 17.9 Å². The molecule has 0 aliphatic carbocycles. The lowest BCUT2D eigenvalue weighted by Gasteiger charge is -2.29. The Bertz CT molecular complexity index is 1170. The second-order valence-corrected chi connectivity index (χ2v) is 10.0. The van der Waals surface area contributed by atoms with Gasteiger partial charge in [-0.05, 0) is 74.8 Å². The number of hydrogen-bond acceptors (Lipinski definition) is 4.